The fraction of sp³-hybridized carbons (Fsp3) is 0.333. The average Bonchev–Trinajstić information content (AvgIpc) is 1.94. The molecule has 0 unspecified atom stereocenters. The van der Waals surface area contributed by atoms with Crippen molar-refractivity contribution in [1.29, 1.82) is 0 Å². The van der Waals surface area contributed by atoms with E-state index in [4.69, 9.17) is 0 Å². The first-order chi connectivity index (χ1) is 4.39. The average molecular weight is 195 g/mol. The van der Waals surface area contributed by atoms with Crippen molar-refractivity contribution in [3.63, 3.8) is 0 Å². The van der Waals surface area contributed by atoms with Gasteiger partial charge in [-0.3, -0.25) is 0 Å². The number of hydrogen-bond donors (Lipinski definition) is 0. The Kier molecular flexibility index (Phi) is 19.3. The molecule has 11 heavy (non-hydrogen) atoms. The van der Waals surface area contributed by atoms with Gasteiger partial charge < -0.3 is 0 Å². The monoisotopic (exact) mass is 194 g/mol. The Bertz CT molecular complexity index is 137. The van der Waals surface area contributed by atoms with Crippen LogP contribution < -0.4 is 0 Å². The Morgan fingerprint density at radius 2 is 1.18 bits per heavy atom. The molecule has 0 amide bonds. The van der Waals surface area contributed by atoms with E-state index in [1.165, 1.54) is 5.56 Å². The van der Waals surface area contributed by atoms with Crippen molar-refractivity contribution in [2.45, 2.75) is 20.8 Å². The molecule has 0 nitrogen and oxygen atoms in total. The van der Waals surface area contributed by atoms with Crippen LogP contribution in [0, 0.1) is 6.92 Å². The van der Waals surface area contributed by atoms with Gasteiger partial charge in [-0.2, -0.15) is 0 Å². The maximum atomic E-state index is 2.08. The van der Waals surface area contributed by atoms with Crippen LogP contribution in [0.1, 0.15) is 19.4 Å². The van der Waals surface area contributed by atoms with E-state index >= 15 is 0 Å². The lowest BCUT2D eigenvalue weighted by molar-refractivity contribution is 1.48. The molecule has 1 aromatic rings. The van der Waals surface area contributed by atoms with Gasteiger partial charge in [-0.15, -0.1) is 24.8 Å². The van der Waals surface area contributed by atoms with Crippen molar-refractivity contribution in [3.05, 3.63) is 35.9 Å². The van der Waals surface area contributed by atoms with Crippen LogP contribution in [0.5, 0.6) is 0 Å². The van der Waals surface area contributed by atoms with E-state index < -0.39 is 0 Å². The second-order valence-electron chi connectivity index (χ2n) is 1.65. The highest BCUT2D eigenvalue weighted by Gasteiger charge is 1.72. The Labute approximate surface area is 81.8 Å². The summed E-state index contributed by atoms with van der Waals surface area (Å²) in [6.07, 6.45) is 0. The number of halogens is 2. The quantitative estimate of drug-likeness (QED) is 0.589. The van der Waals surface area contributed by atoms with Crippen molar-refractivity contribution in [3.8, 4) is 0 Å². The Morgan fingerprint density at radius 3 is 1.36 bits per heavy atom. The van der Waals surface area contributed by atoms with Crippen molar-refractivity contribution in [2.24, 2.45) is 0 Å². The molecule has 0 N–H and O–H groups in total. The SMILES string of the molecule is CC.Cc1ccccc1.Cl.Cl. The maximum absolute atomic E-state index is 2.08. The van der Waals surface area contributed by atoms with E-state index in [0.29, 0.717) is 0 Å². The molecule has 0 bridgehead atoms. The lowest BCUT2D eigenvalue weighted by atomic mass is 10.2. The molecule has 0 aliphatic heterocycles. The smallest absolute Gasteiger partial charge is 0.0398 e. The Balaban J connectivity index is -0.000000149. The van der Waals surface area contributed by atoms with Crippen LogP contribution >= 0.6 is 24.8 Å². The first-order valence-electron chi connectivity index (χ1n) is 3.41. The fourth-order valence-electron chi connectivity index (χ4n) is 0.534. The lowest BCUT2D eigenvalue weighted by Crippen LogP contribution is -1.62. The molecule has 2 heteroatoms. The predicted octanol–water partition coefficient (Wildman–Crippen LogP) is 3.86. The number of benzene rings is 1. The summed E-state index contributed by atoms with van der Waals surface area (Å²) in [6, 6.07) is 10.3. The zero-order valence-corrected chi connectivity index (χ0v) is 8.84. The minimum absolute atomic E-state index is 0. The van der Waals surface area contributed by atoms with Crippen LogP contribution in [-0.2, 0) is 0 Å². The molecule has 0 spiro atoms. The van der Waals surface area contributed by atoms with Gasteiger partial charge in [-0.25, -0.2) is 0 Å². The highest BCUT2D eigenvalue weighted by molar-refractivity contribution is 5.85. The van der Waals surface area contributed by atoms with Crippen molar-refractivity contribution in [2.75, 3.05) is 0 Å². The van der Waals surface area contributed by atoms with Gasteiger partial charge in [0.05, 0.1) is 0 Å². The number of hydrogen-bond acceptors (Lipinski definition) is 0. The topological polar surface area (TPSA) is 0 Å². The van der Waals surface area contributed by atoms with E-state index in [2.05, 4.69) is 19.1 Å². The van der Waals surface area contributed by atoms with Gasteiger partial charge in [0.1, 0.15) is 0 Å². The van der Waals surface area contributed by atoms with Crippen molar-refractivity contribution in [1.82, 2.24) is 0 Å². The van der Waals surface area contributed by atoms with E-state index in [-0.39, 0.29) is 24.8 Å². The van der Waals surface area contributed by atoms with Gasteiger partial charge in [-0.05, 0) is 6.92 Å². The Morgan fingerprint density at radius 1 is 0.818 bits per heavy atom. The lowest BCUT2D eigenvalue weighted by Gasteiger charge is -1.82. The Hall–Kier alpha value is -0.200. The van der Waals surface area contributed by atoms with Crippen LogP contribution in [0.3, 0.4) is 0 Å². The zero-order valence-electron chi connectivity index (χ0n) is 7.20. The van der Waals surface area contributed by atoms with Gasteiger partial charge in [0.25, 0.3) is 0 Å². The number of aryl methyl sites for hydroxylation is 1. The van der Waals surface area contributed by atoms with Crippen LogP contribution in [0.2, 0.25) is 0 Å². The zero-order chi connectivity index (χ0) is 7.11. The summed E-state index contributed by atoms with van der Waals surface area (Å²) in [5, 5.41) is 0. The van der Waals surface area contributed by atoms with Crippen molar-refractivity contribution < 1.29 is 0 Å². The molecule has 1 aromatic carbocycles. The third-order valence-corrected chi connectivity index (χ3v) is 0.940. The van der Waals surface area contributed by atoms with Crippen molar-refractivity contribution >= 4 is 24.8 Å². The molecule has 0 saturated carbocycles. The largest absolute Gasteiger partial charge is 0.147 e. The molecule has 1 rings (SSSR count). The first kappa shape index (κ1) is 17.0. The van der Waals surface area contributed by atoms with E-state index in [9.17, 15) is 0 Å². The third kappa shape index (κ3) is 9.80. The summed E-state index contributed by atoms with van der Waals surface area (Å²) < 4.78 is 0. The van der Waals surface area contributed by atoms with Gasteiger partial charge in [-0.1, -0.05) is 49.7 Å². The van der Waals surface area contributed by atoms with E-state index in [0.717, 1.165) is 0 Å². The molecule has 0 aliphatic rings. The molecule has 0 saturated heterocycles. The highest BCUT2D eigenvalue weighted by Crippen LogP contribution is 1.92. The van der Waals surface area contributed by atoms with Crippen LogP contribution in [0.4, 0.5) is 0 Å². The third-order valence-electron chi connectivity index (χ3n) is 0.940. The molecule has 0 aromatic heterocycles. The van der Waals surface area contributed by atoms with Gasteiger partial charge in [0.2, 0.25) is 0 Å². The van der Waals surface area contributed by atoms with Crippen LogP contribution in [0.25, 0.3) is 0 Å². The number of rotatable bonds is 0. The first-order valence-corrected chi connectivity index (χ1v) is 3.41. The molecular formula is C9H16Cl2. The normalized spacial score (nSPS) is 6.09. The van der Waals surface area contributed by atoms with Crippen LogP contribution in [-0.4, -0.2) is 0 Å². The van der Waals surface area contributed by atoms with Crippen LogP contribution in [0.15, 0.2) is 30.3 Å². The molecule has 66 valence electrons. The summed E-state index contributed by atoms with van der Waals surface area (Å²) in [5.41, 5.74) is 1.32. The molecular weight excluding hydrogens is 179 g/mol. The van der Waals surface area contributed by atoms with Gasteiger partial charge in [0, 0.05) is 0 Å². The minimum atomic E-state index is 0. The highest BCUT2D eigenvalue weighted by atomic mass is 35.5. The molecule has 0 radical (unpaired) electrons. The molecule has 0 heterocycles. The molecule has 0 fully saturated rings. The second kappa shape index (κ2) is 12.5. The molecule has 0 aliphatic carbocycles. The van der Waals surface area contributed by atoms with Gasteiger partial charge >= 0.3 is 0 Å². The second-order valence-corrected chi connectivity index (χ2v) is 1.65. The molecule has 0 atom stereocenters. The van der Waals surface area contributed by atoms with E-state index in [1.54, 1.807) is 0 Å². The summed E-state index contributed by atoms with van der Waals surface area (Å²) in [5.74, 6) is 0. The summed E-state index contributed by atoms with van der Waals surface area (Å²) >= 11 is 0. The standard InChI is InChI=1S/C7H8.C2H6.2ClH/c1-7-5-3-2-4-6-7;1-2;;/h2-6H,1H3;1-2H3;2*1H. The summed E-state index contributed by atoms with van der Waals surface area (Å²) in [6.45, 7) is 6.08. The fourth-order valence-corrected chi connectivity index (χ4v) is 0.534. The maximum Gasteiger partial charge on any atom is -0.0398 e. The predicted molar refractivity (Wildman–Crippen MR) is 57.0 cm³/mol. The summed E-state index contributed by atoms with van der Waals surface area (Å²) in [4.78, 5) is 0. The summed E-state index contributed by atoms with van der Waals surface area (Å²) in [7, 11) is 0. The minimum Gasteiger partial charge on any atom is -0.147 e. The van der Waals surface area contributed by atoms with E-state index in [1.807, 2.05) is 32.0 Å². The van der Waals surface area contributed by atoms with Gasteiger partial charge in [0.15, 0.2) is 0 Å².